The molecule has 0 saturated carbocycles. The first-order chi connectivity index (χ1) is 12.3. The predicted molar refractivity (Wildman–Crippen MR) is 104 cm³/mol. The van der Waals surface area contributed by atoms with E-state index in [0.29, 0.717) is 10.7 Å². The molecule has 2 aromatic rings. The summed E-state index contributed by atoms with van der Waals surface area (Å²) < 4.78 is 13.7. The molecule has 4 nitrogen and oxygen atoms in total. The van der Waals surface area contributed by atoms with Crippen LogP contribution in [-0.2, 0) is 9.59 Å². The number of rotatable bonds is 2. The summed E-state index contributed by atoms with van der Waals surface area (Å²) in [5, 5.41) is 2.75. The van der Waals surface area contributed by atoms with E-state index in [9.17, 15) is 14.0 Å². The number of hydrogen-bond donors (Lipinski definition) is 1. The SMILES string of the molecule is O=C1NC(=S)N(c2ccc(Cl)cc2)C(=O)/C1=C/c1cc(F)c(Cl)cc1Cl. The summed E-state index contributed by atoms with van der Waals surface area (Å²) in [4.78, 5) is 26.2. The minimum atomic E-state index is -0.725. The predicted octanol–water partition coefficient (Wildman–Crippen LogP) is 4.62. The van der Waals surface area contributed by atoms with Gasteiger partial charge in [0.1, 0.15) is 11.4 Å². The Labute approximate surface area is 168 Å². The summed E-state index contributed by atoms with van der Waals surface area (Å²) in [6.07, 6.45) is 1.18. The van der Waals surface area contributed by atoms with E-state index in [1.807, 2.05) is 0 Å². The van der Waals surface area contributed by atoms with Crippen LogP contribution in [0.15, 0.2) is 42.0 Å². The number of thiocarbonyl (C=S) groups is 1. The van der Waals surface area contributed by atoms with E-state index in [-0.39, 0.29) is 26.3 Å². The fourth-order valence-corrected chi connectivity index (χ4v) is 3.13. The number of amides is 2. The largest absolute Gasteiger partial charge is 0.298 e. The molecule has 3 rings (SSSR count). The van der Waals surface area contributed by atoms with Crippen LogP contribution in [0.4, 0.5) is 10.1 Å². The molecule has 26 heavy (non-hydrogen) atoms. The Balaban J connectivity index is 2.05. The highest BCUT2D eigenvalue weighted by Gasteiger charge is 2.34. The molecule has 1 N–H and O–H groups in total. The van der Waals surface area contributed by atoms with Gasteiger partial charge in [-0.2, -0.15) is 0 Å². The number of anilines is 1. The molecule has 0 spiro atoms. The number of nitrogens with zero attached hydrogens (tertiary/aromatic N) is 1. The number of benzene rings is 2. The average molecular weight is 430 g/mol. The summed E-state index contributed by atoms with van der Waals surface area (Å²) in [7, 11) is 0. The Morgan fingerprint density at radius 3 is 2.35 bits per heavy atom. The molecule has 1 saturated heterocycles. The van der Waals surface area contributed by atoms with Gasteiger partial charge < -0.3 is 0 Å². The van der Waals surface area contributed by atoms with E-state index < -0.39 is 17.6 Å². The lowest BCUT2D eigenvalue weighted by Gasteiger charge is -2.29. The Bertz CT molecular complexity index is 977. The summed E-state index contributed by atoms with van der Waals surface area (Å²) >= 11 is 22.6. The first-order valence-electron chi connectivity index (χ1n) is 7.09. The lowest BCUT2D eigenvalue weighted by molar-refractivity contribution is -0.122. The van der Waals surface area contributed by atoms with Gasteiger partial charge in [0.2, 0.25) is 0 Å². The van der Waals surface area contributed by atoms with Crippen molar-refractivity contribution in [1.82, 2.24) is 5.32 Å². The molecule has 0 aromatic heterocycles. The molecule has 0 bridgehead atoms. The van der Waals surface area contributed by atoms with Crippen molar-refractivity contribution in [2.75, 3.05) is 4.90 Å². The van der Waals surface area contributed by atoms with Crippen LogP contribution in [0.25, 0.3) is 6.08 Å². The molecule has 0 radical (unpaired) electrons. The number of nitrogens with one attached hydrogen (secondary N) is 1. The van der Waals surface area contributed by atoms with Crippen molar-refractivity contribution in [3.8, 4) is 0 Å². The summed E-state index contributed by atoms with van der Waals surface area (Å²) in [5.41, 5.74) is 0.303. The third kappa shape index (κ3) is 3.59. The van der Waals surface area contributed by atoms with Crippen molar-refractivity contribution in [3.63, 3.8) is 0 Å². The van der Waals surface area contributed by atoms with Gasteiger partial charge in [-0.25, -0.2) is 4.39 Å². The second-order valence-corrected chi connectivity index (χ2v) is 6.86. The summed E-state index contributed by atoms with van der Waals surface area (Å²) in [6, 6.07) is 8.55. The van der Waals surface area contributed by atoms with Crippen molar-refractivity contribution in [1.29, 1.82) is 0 Å². The van der Waals surface area contributed by atoms with E-state index in [2.05, 4.69) is 5.32 Å². The standard InChI is InChI=1S/C17H8Cl3FN2O2S/c18-9-1-3-10(4-2-9)23-16(25)11(15(24)22-17(23)26)5-8-6-14(21)13(20)7-12(8)19/h1-7H,(H,22,24,26)/b11-5+. The van der Waals surface area contributed by atoms with Gasteiger partial charge in [0.25, 0.3) is 11.8 Å². The van der Waals surface area contributed by atoms with Crippen LogP contribution < -0.4 is 10.2 Å². The Morgan fingerprint density at radius 1 is 1.04 bits per heavy atom. The lowest BCUT2D eigenvalue weighted by Crippen LogP contribution is -2.54. The van der Waals surface area contributed by atoms with Gasteiger partial charge in [-0.1, -0.05) is 34.8 Å². The normalized spacial score (nSPS) is 16.2. The van der Waals surface area contributed by atoms with Gasteiger partial charge in [0, 0.05) is 10.0 Å². The quantitative estimate of drug-likeness (QED) is 0.328. The van der Waals surface area contributed by atoms with Crippen molar-refractivity contribution >= 4 is 75.7 Å². The smallest absolute Gasteiger partial charge is 0.270 e. The second kappa shape index (κ2) is 7.32. The van der Waals surface area contributed by atoms with Crippen molar-refractivity contribution in [2.24, 2.45) is 0 Å². The number of hydrogen-bond acceptors (Lipinski definition) is 3. The molecule has 2 aromatic carbocycles. The van der Waals surface area contributed by atoms with Crippen LogP contribution in [0.5, 0.6) is 0 Å². The molecule has 9 heteroatoms. The molecule has 2 amide bonds. The number of carbonyl (C=O) groups excluding carboxylic acids is 2. The first kappa shape index (κ1) is 18.8. The number of halogens is 4. The van der Waals surface area contributed by atoms with Gasteiger partial charge in [0.15, 0.2) is 5.11 Å². The molecule has 0 atom stereocenters. The highest BCUT2D eigenvalue weighted by Crippen LogP contribution is 2.28. The molecule has 1 aliphatic heterocycles. The van der Waals surface area contributed by atoms with Crippen LogP contribution in [0, 0.1) is 5.82 Å². The first-order valence-corrected chi connectivity index (χ1v) is 8.63. The summed E-state index contributed by atoms with van der Waals surface area (Å²) in [5.74, 6) is -2.11. The third-order valence-corrected chi connectivity index (χ3v) is 4.68. The maximum Gasteiger partial charge on any atom is 0.270 e. The fourth-order valence-electron chi connectivity index (χ4n) is 2.29. The Hall–Kier alpha value is -1.99. The van der Waals surface area contributed by atoms with Crippen molar-refractivity contribution in [2.45, 2.75) is 0 Å². The van der Waals surface area contributed by atoms with Crippen LogP contribution in [0.3, 0.4) is 0 Å². The minimum Gasteiger partial charge on any atom is -0.298 e. The van der Waals surface area contributed by atoms with Crippen LogP contribution in [-0.4, -0.2) is 16.9 Å². The van der Waals surface area contributed by atoms with Crippen LogP contribution >= 0.6 is 47.0 Å². The fraction of sp³-hybridized carbons (Fsp3) is 0. The van der Waals surface area contributed by atoms with E-state index in [0.717, 1.165) is 11.0 Å². The Morgan fingerprint density at radius 2 is 1.69 bits per heavy atom. The zero-order valence-corrected chi connectivity index (χ0v) is 15.8. The molecular formula is C17H8Cl3FN2O2S. The van der Waals surface area contributed by atoms with Gasteiger partial charge in [-0.3, -0.25) is 19.8 Å². The van der Waals surface area contributed by atoms with Crippen molar-refractivity contribution in [3.05, 3.63) is 68.4 Å². The Kier molecular flexibility index (Phi) is 5.29. The van der Waals surface area contributed by atoms with Gasteiger partial charge >= 0.3 is 0 Å². The van der Waals surface area contributed by atoms with E-state index in [1.165, 1.54) is 12.1 Å². The molecule has 1 heterocycles. The molecule has 132 valence electrons. The van der Waals surface area contributed by atoms with E-state index >= 15 is 0 Å². The monoisotopic (exact) mass is 428 g/mol. The van der Waals surface area contributed by atoms with Gasteiger partial charge in [-0.15, -0.1) is 0 Å². The van der Waals surface area contributed by atoms with Crippen LogP contribution in [0.1, 0.15) is 5.56 Å². The zero-order valence-electron chi connectivity index (χ0n) is 12.7. The van der Waals surface area contributed by atoms with Gasteiger partial charge in [-0.05, 0) is 60.3 Å². The van der Waals surface area contributed by atoms with E-state index in [4.69, 9.17) is 47.0 Å². The third-order valence-electron chi connectivity index (χ3n) is 3.53. The molecule has 0 unspecified atom stereocenters. The topological polar surface area (TPSA) is 49.4 Å². The maximum atomic E-state index is 13.7. The van der Waals surface area contributed by atoms with Crippen molar-refractivity contribution < 1.29 is 14.0 Å². The highest BCUT2D eigenvalue weighted by molar-refractivity contribution is 7.80. The van der Waals surface area contributed by atoms with Gasteiger partial charge in [0.05, 0.1) is 10.7 Å². The zero-order chi connectivity index (χ0) is 19.0. The maximum absolute atomic E-state index is 13.7. The molecular weight excluding hydrogens is 422 g/mol. The molecule has 0 aliphatic carbocycles. The second-order valence-electron chi connectivity index (χ2n) is 5.22. The average Bonchev–Trinajstić information content (AvgIpc) is 2.57. The van der Waals surface area contributed by atoms with Crippen LogP contribution in [0.2, 0.25) is 15.1 Å². The molecule has 1 fully saturated rings. The lowest BCUT2D eigenvalue weighted by atomic mass is 10.1. The molecule has 1 aliphatic rings. The highest BCUT2D eigenvalue weighted by atomic mass is 35.5. The minimum absolute atomic E-state index is 0.0761. The summed E-state index contributed by atoms with van der Waals surface area (Å²) in [6.45, 7) is 0. The number of carbonyl (C=O) groups is 2. The van der Waals surface area contributed by atoms with E-state index in [1.54, 1.807) is 24.3 Å².